The zero-order valence-corrected chi connectivity index (χ0v) is 10.4. The molecule has 0 aromatic heterocycles. The van der Waals surface area contributed by atoms with Gasteiger partial charge in [-0.05, 0) is 18.6 Å². The third-order valence-corrected chi connectivity index (χ3v) is 2.77. The van der Waals surface area contributed by atoms with Gasteiger partial charge in [0.2, 0.25) is 0 Å². The first-order chi connectivity index (χ1) is 8.06. The molecule has 0 aliphatic heterocycles. The number of anilines is 1. The molecule has 0 bridgehead atoms. The Bertz CT molecular complexity index is 446. The zero-order valence-electron chi connectivity index (χ0n) is 8.87. The number of halogens is 2. The van der Waals surface area contributed by atoms with Gasteiger partial charge in [-0.3, -0.25) is 0 Å². The standard InChI is InChI=1S/C11H10Cl2N2O2/c12-8-5-7(6-9(15)10(8)13)11(16)17-4-2-1-3-14/h5-6H,1-2,4,15H2. The molecule has 4 nitrogen and oxygen atoms in total. The number of nitriles is 1. The van der Waals surface area contributed by atoms with Gasteiger partial charge < -0.3 is 10.5 Å². The zero-order chi connectivity index (χ0) is 12.8. The minimum Gasteiger partial charge on any atom is -0.462 e. The fourth-order valence-corrected chi connectivity index (χ4v) is 1.46. The Morgan fingerprint density at radius 1 is 1.47 bits per heavy atom. The van der Waals surface area contributed by atoms with Crippen LogP contribution in [0.4, 0.5) is 5.69 Å². The van der Waals surface area contributed by atoms with Crippen LogP contribution in [0.3, 0.4) is 0 Å². The highest BCUT2D eigenvalue weighted by molar-refractivity contribution is 6.43. The lowest BCUT2D eigenvalue weighted by Crippen LogP contribution is -2.07. The molecule has 0 saturated carbocycles. The summed E-state index contributed by atoms with van der Waals surface area (Å²) >= 11 is 11.5. The Kier molecular flexibility index (Phi) is 5.08. The number of esters is 1. The number of hydrogen-bond acceptors (Lipinski definition) is 4. The fraction of sp³-hybridized carbons (Fsp3) is 0.273. The van der Waals surface area contributed by atoms with Gasteiger partial charge in [-0.1, -0.05) is 23.2 Å². The molecule has 2 N–H and O–H groups in total. The maximum Gasteiger partial charge on any atom is 0.338 e. The van der Waals surface area contributed by atoms with E-state index in [0.717, 1.165) is 0 Å². The van der Waals surface area contributed by atoms with Crippen molar-refractivity contribution in [2.24, 2.45) is 0 Å². The minimum absolute atomic E-state index is 0.187. The second-order valence-corrected chi connectivity index (χ2v) is 4.04. The van der Waals surface area contributed by atoms with Crippen LogP contribution in [0.2, 0.25) is 10.0 Å². The summed E-state index contributed by atoms with van der Waals surface area (Å²) < 4.78 is 4.93. The summed E-state index contributed by atoms with van der Waals surface area (Å²) in [6.07, 6.45) is 0.843. The highest BCUT2D eigenvalue weighted by Gasteiger charge is 2.12. The van der Waals surface area contributed by atoms with Gasteiger partial charge in [0.05, 0.1) is 34.0 Å². The average molecular weight is 273 g/mol. The molecule has 0 fully saturated rings. The number of unbranched alkanes of at least 4 members (excludes halogenated alkanes) is 1. The van der Waals surface area contributed by atoms with Gasteiger partial charge in [-0.25, -0.2) is 4.79 Å². The summed E-state index contributed by atoms with van der Waals surface area (Å²) in [7, 11) is 0. The Labute approximate surface area is 109 Å². The van der Waals surface area contributed by atoms with Crippen LogP contribution in [0.5, 0.6) is 0 Å². The fourth-order valence-electron chi connectivity index (χ4n) is 1.13. The summed E-state index contributed by atoms with van der Waals surface area (Å²) in [4.78, 5) is 11.6. The van der Waals surface area contributed by atoms with Crippen molar-refractivity contribution >= 4 is 34.9 Å². The van der Waals surface area contributed by atoms with Crippen molar-refractivity contribution in [2.45, 2.75) is 12.8 Å². The number of rotatable bonds is 4. The Morgan fingerprint density at radius 3 is 2.76 bits per heavy atom. The monoisotopic (exact) mass is 272 g/mol. The highest BCUT2D eigenvalue weighted by atomic mass is 35.5. The number of nitrogens with zero attached hydrogens (tertiary/aromatic N) is 1. The summed E-state index contributed by atoms with van der Waals surface area (Å²) in [5, 5.41) is 8.73. The minimum atomic E-state index is -0.534. The predicted octanol–water partition coefficient (Wildman–Crippen LogP) is 3.04. The number of ether oxygens (including phenoxy) is 1. The second-order valence-electron chi connectivity index (χ2n) is 3.26. The molecule has 0 radical (unpaired) electrons. The molecule has 17 heavy (non-hydrogen) atoms. The summed E-state index contributed by atoms with van der Waals surface area (Å²) in [6, 6.07) is 4.76. The van der Waals surface area contributed by atoms with Crippen LogP contribution in [-0.4, -0.2) is 12.6 Å². The molecule has 0 spiro atoms. The van der Waals surface area contributed by atoms with Crippen molar-refractivity contribution < 1.29 is 9.53 Å². The number of nitrogen functional groups attached to an aromatic ring is 1. The van der Waals surface area contributed by atoms with Gasteiger partial charge in [-0.15, -0.1) is 0 Å². The topological polar surface area (TPSA) is 76.1 Å². The van der Waals surface area contributed by atoms with Gasteiger partial charge in [-0.2, -0.15) is 5.26 Å². The van der Waals surface area contributed by atoms with Crippen LogP contribution in [0.25, 0.3) is 0 Å². The lowest BCUT2D eigenvalue weighted by Gasteiger charge is -2.06. The van der Waals surface area contributed by atoms with Gasteiger partial charge in [0.1, 0.15) is 0 Å². The third-order valence-electron chi connectivity index (χ3n) is 1.96. The molecule has 1 rings (SSSR count). The van der Waals surface area contributed by atoms with Gasteiger partial charge >= 0.3 is 5.97 Å². The molecule has 6 heteroatoms. The van der Waals surface area contributed by atoms with E-state index in [-0.39, 0.29) is 27.9 Å². The van der Waals surface area contributed by atoms with Crippen molar-refractivity contribution in [3.05, 3.63) is 27.7 Å². The number of carbonyl (C=O) groups excluding carboxylic acids is 1. The summed E-state index contributed by atoms with van der Waals surface area (Å²) in [5.41, 5.74) is 6.04. The number of nitrogens with two attached hydrogens (primary N) is 1. The molecule has 0 saturated heterocycles. The Hall–Kier alpha value is -1.44. The molecule has 0 aliphatic rings. The Balaban J connectivity index is 2.67. The first-order valence-corrected chi connectivity index (χ1v) is 5.60. The number of hydrogen-bond donors (Lipinski definition) is 1. The average Bonchev–Trinajstić information content (AvgIpc) is 2.30. The van der Waals surface area contributed by atoms with E-state index in [9.17, 15) is 4.79 Å². The van der Waals surface area contributed by atoms with E-state index in [4.69, 9.17) is 38.9 Å². The van der Waals surface area contributed by atoms with Crippen LogP contribution >= 0.6 is 23.2 Å². The van der Waals surface area contributed by atoms with Crippen LogP contribution < -0.4 is 5.73 Å². The maximum atomic E-state index is 11.6. The van der Waals surface area contributed by atoms with Gasteiger partial charge in [0, 0.05) is 6.42 Å². The molecule has 1 aromatic rings. The maximum absolute atomic E-state index is 11.6. The van der Waals surface area contributed by atoms with Crippen LogP contribution in [-0.2, 0) is 4.74 Å². The highest BCUT2D eigenvalue weighted by Crippen LogP contribution is 2.29. The second kappa shape index (κ2) is 6.33. The third kappa shape index (κ3) is 3.81. The smallest absolute Gasteiger partial charge is 0.338 e. The van der Waals surface area contributed by atoms with E-state index >= 15 is 0 Å². The lowest BCUT2D eigenvalue weighted by molar-refractivity contribution is 0.0502. The van der Waals surface area contributed by atoms with E-state index in [1.807, 2.05) is 6.07 Å². The van der Waals surface area contributed by atoms with Crippen LogP contribution in [0, 0.1) is 11.3 Å². The Morgan fingerprint density at radius 2 is 2.18 bits per heavy atom. The largest absolute Gasteiger partial charge is 0.462 e. The first-order valence-electron chi connectivity index (χ1n) is 4.85. The van der Waals surface area contributed by atoms with E-state index in [0.29, 0.717) is 12.8 Å². The van der Waals surface area contributed by atoms with E-state index in [1.165, 1.54) is 12.1 Å². The van der Waals surface area contributed by atoms with Crippen molar-refractivity contribution in [2.75, 3.05) is 12.3 Å². The van der Waals surface area contributed by atoms with Crippen molar-refractivity contribution in [3.63, 3.8) is 0 Å². The molecule has 1 aromatic carbocycles. The van der Waals surface area contributed by atoms with E-state index < -0.39 is 5.97 Å². The predicted molar refractivity (Wildman–Crippen MR) is 66.0 cm³/mol. The molecule has 90 valence electrons. The summed E-state index contributed by atoms with van der Waals surface area (Å²) in [5.74, 6) is -0.534. The number of benzene rings is 1. The quantitative estimate of drug-likeness (QED) is 0.519. The van der Waals surface area contributed by atoms with Gasteiger partial charge in [0.25, 0.3) is 0 Å². The summed E-state index contributed by atoms with van der Waals surface area (Å²) in [6.45, 7) is 0.187. The molecule has 0 heterocycles. The normalized spacial score (nSPS) is 9.71. The molecule has 0 amide bonds. The molecular weight excluding hydrogens is 263 g/mol. The molecule has 0 unspecified atom stereocenters. The number of carbonyl (C=O) groups is 1. The molecular formula is C11H10Cl2N2O2. The van der Waals surface area contributed by atoms with Crippen LogP contribution in [0.1, 0.15) is 23.2 Å². The van der Waals surface area contributed by atoms with Gasteiger partial charge in [0.15, 0.2) is 0 Å². The molecule has 0 atom stereocenters. The van der Waals surface area contributed by atoms with Crippen molar-refractivity contribution in [1.82, 2.24) is 0 Å². The SMILES string of the molecule is N#CCCCOC(=O)c1cc(N)c(Cl)c(Cl)c1. The molecule has 0 aliphatic carbocycles. The van der Waals surface area contributed by atoms with E-state index in [2.05, 4.69) is 0 Å². The lowest BCUT2D eigenvalue weighted by atomic mass is 10.2. The van der Waals surface area contributed by atoms with Crippen molar-refractivity contribution in [1.29, 1.82) is 5.26 Å². The first kappa shape index (κ1) is 13.6. The van der Waals surface area contributed by atoms with Crippen LogP contribution in [0.15, 0.2) is 12.1 Å². The van der Waals surface area contributed by atoms with Crippen molar-refractivity contribution in [3.8, 4) is 6.07 Å². The van der Waals surface area contributed by atoms with E-state index in [1.54, 1.807) is 0 Å².